The van der Waals surface area contributed by atoms with Crippen molar-refractivity contribution in [2.75, 3.05) is 32.8 Å². The second-order valence-electron chi connectivity index (χ2n) is 5.64. The van der Waals surface area contributed by atoms with Gasteiger partial charge < -0.3 is 24.6 Å². The number of carboxylic acid groups (broad SMARTS) is 2. The van der Waals surface area contributed by atoms with Crippen molar-refractivity contribution >= 4 is 11.9 Å². The number of aliphatic carboxylic acids is 2. The Bertz CT molecular complexity index is 336. The molecule has 0 bridgehead atoms. The van der Waals surface area contributed by atoms with E-state index in [1.165, 1.54) is 0 Å². The summed E-state index contributed by atoms with van der Waals surface area (Å²) in [6.45, 7) is 3.63. The summed E-state index contributed by atoms with van der Waals surface area (Å²) in [7, 11) is 0. The van der Waals surface area contributed by atoms with Crippen LogP contribution in [0.5, 0.6) is 0 Å². The number of carbonyl (C=O) groups excluding carboxylic acids is 1. The van der Waals surface area contributed by atoms with Crippen molar-refractivity contribution in [2.24, 2.45) is 0 Å². The van der Waals surface area contributed by atoms with Crippen molar-refractivity contribution in [3.63, 3.8) is 0 Å². The van der Waals surface area contributed by atoms with Gasteiger partial charge in [0, 0.05) is 12.4 Å². The minimum absolute atomic E-state index is 0.0222. The minimum Gasteiger partial charge on any atom is -0.550 e. The van der Waals surface area contributed by atoms with Crippen LogP contribution in [0.3, 0.4) is 0 Å². The van der Waals surface area contributed by atoms with Gasteiger partial charge in [0.05, 0.1) is 32.7 Å². The molecule has 0 fully saturated rings. The number of nitrogens with zero attached hydrogens (tertiary/aromatic N) is 1. The number of rotatable bonds is 14. The molecule has 128 valence electrons. The van der Waals surface area contributed by atoms with E-state index in [1.807, 2.05) is 13.0 Å². The lowest BCUT2D eigenvalue weighted by atomic mass is 10.1. The van der Waals surface area contributed by atoms with E-state index >= 15 is 0 Å². The molecule has 0 aromatic carbocycles. The molecule has 0 spiro atoms. The van der Waals surface area contributed by atoms with E-state index in [9.17, 15) is 19.8 Å². The summed E-state index contributed by atoms with van der Waals surface area (Å²) in [5.41, 5.74) is 0. The second kappa shape index (κ2) is 12.2. The average Bonchev–Trinajstić information content (AvgIpc) is 2.46. The molecule has 0 aliphatic carbocycles. The Labute approximate surface area is 132 Å². The first-order valence-corrected chi connectivity index (χ1v) is 7.94. The number of carboxylic acids is 2. The molecule has 0 radical (unpaired) electrons. The molecular weight excluding hydrogens is 286 g/mol. The zero-order chi connectivity index (χ0) is 16.8. The molecule has 6 heteroatoms. The molecule has 1 atom stereocenters. The minimum atomic E-state index is -1.14. The third-order valence-electron chi connectivity index (χ3n) is 3.90. The highest BCUT2D eigenvalue weighted by Gasteiger charge is 2.27. The van der Waals surface area contributed by atoms with Crippen LogP contribution >= 0.6 is 0 Å². The lowest BCUT2D eigenvalue weighted by Crippen LogP contribution is -2.53. The Kier molecular flexibility index (Phi) is 11.4. The summed E-state index contributed by atoms with van der Waals surface area (Å²) in [5.74, 6) is -2.04. The van der Waals surface area contributed by atoms with Crippen molar-refractivity contribution in [2.45, 2.75) is 45.4 Å². The molecule has 0 aromatic heterocycles. The van der Waals surface area contributed by atoms with E-state index in [0.29, 0.717) is 30.7 Å². The molecule has 0 aliphatic rings. The second-order valence-corrected chi connectivity index (χ2v) is 5.64. The van der Waals surface area contributed by atoms with Crippen LogP contribution in [-0.2, 0) is 9.59 Å². The maximum absolute atomic E-state index is 10.8. The maximum atomic E-state index is 10.8. The lowest BCUT2D eigenvalue weighted by molar-refractivity contribution is -0.927. The van der Waals surface area contributed by atoms with Gasteiger partial charge in [-0.05, 0) is 32.6 Å². The number of aliphatic hydroxyl groups excluding tert-OH is 1. The van der Waals surface area contributed by atoms with Crippen LogP contribution in [0.4, 0.5) is 0 Å². The van der Waals surface area contributed by atoms with Gasteiger partial charge in [0.1, 0.15) is 6.54 Å². The monoisotopic (exact) mass is 315 g/mol. The van der Waals surface area contributed by atoms with Gasteiger partial charge in [-0.3, -0.25) is 4.79 Å². The molecule has 0 aliphatic heterocycles. The predicted molar refractivity (Wildman–Crippen MR) is 82.0 cm³/mol. The highest BCUT2D eigenvalue weighted by molar-refractivity contribution is 5.66. The van der Waals surface area contributed by atoms with Crippen LogP contribution in [0.1, 0.15) is 45.4 Å². The summed E-state index contributed by atoms with van der Waals surface area (Å²) in [6.07, 6.45) is 7.96. The molecule has 6 nitrogen and oxygen atoms in total. The molecular formula is C16H29NO5. The van der Waals surface area contributed by atoms with E-state index in [0.717, 1.165) is 25.7 Å². The van der Waals surface area contributed by atoms with Gasteiger partial charge in [0.2, 0.25) is 0 Å². The first kappa shape index (κ1) is 20.6. The molecule has 0 amide bonds. The summed E-state index contributed by atoms with van der Waals surface area (Å²) in [4.78, 5) is 21.6. The molecule has 22 heavy (non-hydrogen) atoms. The third kappa shape index (κ3) is 10.3. The fourth-order valence-electron chi connectivity index (χ4n) is 2.60. The third-order valence-corrected chi connectivity index (χ3v) is 3.90. The van der Waals surface area contributed by atoms with E-state index < -0.39 is 11.9 Å². The van der Waals surface area contributed by atoms with Crippen molar-refractivity contribution in [1.82, 2.24) is 0 Å². The molecule has 0 heterocycles. The van der Waals surface area contributed by atoms with Gasteiger partial charge in [-0.1, -0.05) is 12.2 Å². The van der Waals surface area contributed by atoms with Crippen LogP contribution in [0.25, 0.3) is 0 Å². The number of hydrogen-bond donors (Lipinski definition) is 2. The van der Waals surface area contributed by atoms with Crippen LogP contribution in [0.2, 0.25) is 0 Å². The lowest BCUT2D eigenvalue weighted by Gasteiger charge is -2.38. The van der Waals surface area contributed by atoms with Crippen molar-refractivity contribution in [3.05, 3.63) is 12.2 Å². The maximum Gasteiger partial charge on any atom is 0.309 e. The zero-order valence-electron chi connectivity index (χ0n) is 13.5. The molecule has 0 rings (SSSR count). The summed E-state index contributed by atoms with van der Waals surface area (Å²) in [6, 6.07) is 0. The van der Waals surface area contributed by atoms with Gasteiger partial charge in [-0.2, -0.15) is 0 Å². The number of allylic oxidation sites excluding steroid dienone is 2. The first-order valence-electron chi connectivity index (χ1n) is 7.94. The first-order chi connectivity index (χ1) is 10.5. The highest BCUT2D eigenvalue weighted by atomic mass is 16.4. The van der Waals surface area contributed by atoms with Gasteiger partial charge in [-0.25, -0.2) is 0 Å². The van der Waals surface area contributed by atoms with Crippen LogP contribution in [0, 0.1) is 0 Å². The average molecular weight is 315 g/mol. The smallest absolute Gasteiger partial charge is 0.309 e. The van der Waals surface area contributed by atoms with Crippen LogP contribution in [0.15, 0.2) is 12.2 Å². The molecule has 0 saturated carbocycles. The Balaban J connectivity index is 4.54. The quantitative estimate of drug-likeness (QED) is 0.277. The summed E-state index contributed by atoms with van der Waals surface area (Å²) in [5, 5.41) is 28.9. The Morgan fingerprint density at radius 1 is 1.05 bits per heavy atom. The Morgan fingerprint density at radius 3 is 2.27 bits per heavy atom. The van der Waals surface area contributed by atoms with E-state index in [1.54, 1.807) is 0 Å². The zero-order valence-corrected chi connectivity index (χ0v) is 13.5. The van der Waals surface area contributed by atoms with Gasteiger partial charge in [-0.15, -0.1) is 0 Å². The van der Waals surface area contributed by atoms with Crippen molar-refractivity contribution in [3.8, 4) is 0 Å². The molecule has 0 aromatic rings. The fourth-order valence-corrected chi connectivity index (χ4v) is 2.60. The number of aliphatic hydroxyl groups is 1. The summed E-state index contributed by atoms with van der Waals surface area (Å²) < 4.78 is 0.334. The molecule has 2 N–H and O–H groups in total. The van der Waals surface area contributed by atoms with E-state index in [-0.39, 0.29) is 19.4 Å². The SMILES string of the molecule is C/C=C/CCCCC[N+](CCO)(CCC(=O)[O-])CCC(=O)O. The van der Waals surface area contributed by atoms with Gasteiger partial charge in [0.15, 0.2) is 0 Å². The molecule has 0 saturated heterocycles. The Morgan fingerprint density at radius 2 is 1.73 bits per heavy atom. The number of carbonyl (C=O) groups is 2. The summed E-state index contributed by atoms with van der Waals surface area (Å²) >= 11 is 0. The van der Waals surface area contributed by atoms with Gasteiger partial charge >= 0.3 is 5.97 Å². The number of unbranched alkanes of at least 4 members (excludes halogenated alkanes) is 3. The standard InChI is InChI=1S/C16H29NO5/c1-2-3-4-5-6-7-10-17(13-14-18,11-8-15(19)20)12-9-16(21)22/h2-3,18H,4-14H2,1H3,(H-,19,20,21,22)/b3-2+. The number of quaternary nitrogens is 1. The normalized spacial score (nSPS) is 14.1. The van der Waals surface area contributed by atoms with Gasteiger partial charge in [0.25, 0.3) is 0 Å². The predicted octanol–water partition coefficient (Wildman–Crippen LogP) is 0.547. The van der Waals surface area contributed by atoms with Crippen LogP contribution in [-0.4, -0.2) is 59.4 Å². The number of hydrogen-bond acceptors (Lipinski definition) is 4. The topological polar surface area (TPSA) is 97.7 Å². The highest BCUT2D eigenvalue weighted by Crippen LogP contribution is 2.14. The largest absolute Gasteiger partial charge is 0.550 e. The molecule has 1 unspecified atom stereocenters. The van der Waals surface area contributed by atoms with E-state index in [2.05, 4.69) is 6.08 Å². The van der Waals surface area contributed by atoms with Crippen LogP contribution < -0.4 is 5.11 Å². The van der Waals surface area contributed by atoms with E-state index in [4.69, 9.17) is 5.11 Å². The Hall–Kier alpha value is -1.40. The van der Waals surface area contributed by atoms with Crippen molar-refractivity contribution < 1.29 is 29.4 Å². The fraction of sp³-hybridized carbons (Fsp3) is 0.750. The van der Waals surface area contributed by atoms with Crippen molar-refractivity contribution in [1.29, 1.82) is 0 Å².